The van der Waals surface area contributed by atoms with Gasteiger partial charge in [0.05, 0.1) is 0 Å². The van der Waals surface area contributed by atoms with Crippen molar-refractivity contribution in [3.05, 3.63) is 65.2 Å². The Morgan fingerprint density at radius 2 is 1.45 bits per heavy atom. The summed E-state index contributed by atoms with van der Waals surface area (Å²) in [7, 11) is 0. The molecule has 0 unspecified atom stereocenters. The van der Waals surface area contributed by atoms with Crippen LogP contribution in [0.4, 0.5) is 5.69 Å². The Bertz CT molecular complexity index is 508. The van der Waals surface area contributed by atoms with Crippen molar-refractivity contribution in [2.24, 2.45) is 0 Å². The minimum absolute atomic E-state index is 0.600. The second-order valence-corrected chi connectivity index (χ2v) is 5.70. The van der Waals surface area contributed by atoms with Crippen LogP contribution >= 0.6 is 0 Å². The van der Waals surface area contributed by atoms with Crippen LogP contribution in [0.25, 0.3) is 0 Å². The van der Waals surface area contributed by atoms with Crippen LogP contribution in [0.3, 0.4) is 0 Å². The SMILES string of the molecule is CCCc1ccc(NCc2ccc(C(C)C)cc2)cc1. The molecule has 20 heavy (non-hydrogen) atoms. The third kappa shape index (κ3) is 4.12. The molecule has 0 saturated heterocycles. The molecule has 0 radical (unpaired) electrons. The van der Waals surface area contributed by atoms with E-state index in [0.29, 0.717) is 5.92 Å². The molecule has 0 aliphatic heterocycles. The Kier molecular flexibility index (Phi) is 5.23. The van der Waals surface area contributed by atoms with Crippen LogP contribution in [0, 0.1) is 0 Å². The molecule has 0 aliphatic rings. The van der Waals surface area contributed by atoms with Crippen molar-refractivity contribution in [2.45, 2.75) is 46.1 Å². The molecule has 0 amide bonds. The minimum atomic E-state index is 0.600. The van der Waals surface area contributed by atoms with Gasteiger partial charge in [-0.3, -0.25) is 0 Å². The summed E-state index contributed by atoms with van der Waals surface area (Å²) >= 11 is 0. The first kappa shape index (κ1) is 14.6. The molecule has 2 aromatic carbocycles. The standard InChI is InChI=1S/C19H25N/c1-4-5-16-8-12-19(13-9-16)20-14-17-6-10-18(11-7-17)15(2)3/h6-13,15,20H,4-5,14H2,1-3H3. The van der Waals surface area contributed by atoms with Crippen molar-refractivity contribution < 1.29 is 0 Å². The average molecular weight is 267 g/mol. The zero-order valence-corrected chi connectivity index (χ0v) is 12.8. The van der Waals surface area contributed by atoms with Crippen LogP contribution in [0.15, 0.2) is 48.5 Å². The van der Waals surface area contributed by atoms with E-state index in [1.165, 1.54) is 28.8 Å². The van der Waals surface area contributed by atoms with E-state index in [1.807, 2.05) is 0 Å². The summed E-state index contributed by atoms with van der Waals surface area (Å²) in [5.74, 6) is 0.600. The lowest BCUT2D eigenvalue weighted by Crippen LogP contribution is -2.00. The van der Waals surface area contributed by atoms with Gasteiger partial charge in [0.15, 0.2) is 0 Å². The Morgan fingerprint density at radius 1 is 0.850 bits per heavy atom. The molecule has 0 aromatic heterocycles. The maximum absolute atomic E-state index is 3.48. The van der Waals surface area contributed by atoms with E-state index in [0.717, 1.165) is 13.0 Å². The average Bonchev–Trinajstić information content (AvgIpc) is 2.47. The lowest BCUT2D eigenvalue weighted by atomic mass is 10.0. The maximum Gasteiger partial charge on any atom is 0.0400 e. The van der Waals surface area contributed by atoms with Crippen molar-refractivity contribution >= 4 is 5.69 Å². The predicted octanol–water partition coefficient (Wildman–Crippen LogP) is 5.37. The molecule has 0 spiro atoms. The van der Waals surface area contributed by atoms with E-state index < -0.39 is 0 Å². The van der Waals surface area contributed by atoms with E-state index >= 15 is 0 Å². The molecule has 0 saturated carbocycles. The van der Waals surface area contributed by atoms with Crippen molar-refractivity contribution in [3.8, 4) is 0 Å². The molecule has 0 fully saturated rings. The monoisotopic (exact) mass is 267 g/mol. The van der Waals surface area contributed by atoms with Crippen molar-refractivity contribution in [1.29, 1.82) is 0 Å². The van der Waals surface area contributed by atoms with E-state index in [2.05, 4.69) is 74.6 Å². The normalized spacial score (nSPS) is 10.8. The molecule has 106 valence electrons. The Hall–Kier alpha value is -1.76. The largest absolute Gasteiger partial charge is 0.381 e. The predicted molar refractivity (Wildman–Crippen MR) is 88.3 cm³/mol. The Labute approximate surface area is 123 Å². The first-order valence-corrected chi connectivity index (χ1v) is 7.60. The van der Waals surface area contributed by atoms with Crippen LogP contribution < -0.4 is 5.32 Å². The molecule has 0 atom stereocenters. The summed E-state index contributed by atoms with van der Waals surface area (Å²) < 4.78 is 0. The Balaban J connectivity index is 1.91. The van der Waals surface area contributed by atoms with Crippen molar-refractivity contribution in [1.82, 2.24) is 0 Å². The summed E-state index contributed by atoms with van der Waals surface area (Å²) in [4.78, 5) is 0. The van der Waals surface area contributed by atoms with Gasteiger partial charge < -0.3 is 5.32 Å². The van der Waals surface area contributed by atoms with Crippen molar-refractivity contribution in [3.63, 3.8) is 0 Å². The third-order valence-electron chi connectivity index (χ3n) is 3.64. The number of hydrogen-bond acceptors (Lipinski definition) is 1. The smallest absolute Gasteiger partial charge is 0.0400 e. The fourth-order valence-corrected chi connectivity index (χ4v) is 2.30. The molecule has 1 nitrogen and oxygen atoms in total. The second-order valence-electron chi connectivity index (χ2n) is 5.70. The highest BCUT2D eigenvalue weighted by atomic mass is 14.9. The van der Waals surface area contributed by atoms with Gasteiger partial charge in [0.25, 0.3) is 0 Å². The van der Waals surface area contributed by atoms with Crippen LogP contribution in [-0.4, -0.2) is 0 Å². The maximum atomic E-state index is 3.48. The van der Waals surface area contributed by atoms with Gasteiger partial charge in [-0.25, -0.2) is 0 Å². The third-order valence-corrected chi connectivity index (χ3v) is 3.64. The quantitative estimate of drug-likeness (QED) is 0.741. The van der Waals surface area contributed by atoms with Gasteiger partial charge in [-0.15, -0.1) is 0 Å². The number of nitrogens with one attached hydrogen (secondary N) is 1. The highest BCUT2D eigenvalue weighted by Gasteiger charge is 1.99. The highest BCUT2D eigenvalue weighted by Crippen LogP contribution is 2.16. The van der Waals surface area contributed by atoms with Gasteiger partial charge in [0.1, 0.15) is 0 Å². The van der Waals surface area contributed by atoms with Gasteiger partial charge in [-0.1, -0.05) is 63.6 Å². The van der Waals surface area contributed by atoms with Gasteiger partial charge in [0.2, 0.25) is 0 Å². The van der Waals surface area contributed by atoms with Gasteiger partial charge in [-0.2, -0.15) is 0 Å². The summed E-state index contributed by atoms with van der Waals surface area (Å²) in [6.07, 6.45) is 2.37. The highest BCUT2D eigenvalue weighted by molar-refractivity contribution is 5.45. The molecule has 2 rings (SSSR count). The number of anilines is 1. The summed E-state index contributed by atoms with van der Waals surface area (Å²) in [6.45, 7) is 7.55. The molecular weight excluding hydrogens is 242 g/mol. The molecule has 0 bridgehead atoms. The second kappa shape index (κ2) is 7.14. The fourth-order valence-electron chi connectivity index (χ4n) is 2.30. The molecule has 0 heterocycles. The van der Waals surface area contributed by atoms with Gasteiger partial charge in [0, 0.05) is 12.2 Å². The number of hydrogen-bond donors (Lipinski definition) is 1. The topological polar surface area (TPSA) is 12.0 Å². The minimum Gasteiger partial charge on any atom is -0.381 e. The van der Waals surface area contributed by atoms with Crippen LogP contribution in [-0.2, 0) is 13.0 Å². The first-order chi connectivity index (χ1) is 9.69. The van der Waals surface area contributed by atoms with Crippen LogP contribution in [0.2, 0.25) is 0 Å². The molecule has 0 aliphatic carbocycles. The molecule has 2 aromatic rings. The molecule has 1 heteroatoms. The van der Waals surface area contributed by atoms with E-state index in [1.54, 1.807) is 0 Å². The summed E-state index contributed by atoms with van der Waals surface area (Å²) in [6, 6.07) is 17.7. The lowest BCUT2D eigenvalue weighted by Gasteiger charge is -2.09. The molecule has 1 N–H and O–H groups in total. The van der Waals surface area contributed by atoms with Crippen molar-refractivity contribution in [2.75, 3.05) is 5.32 Å². The first-order valence-electron chi connectivity index (χ1n) is 7.60. The molecular formula is C19H25N. The van der Waals surface area contributed by atoms with E-state index in [-0.39, 0.29) is 0 Å². The van der Waals surface area contributed by atoms with Crippen LogP contribution in [0.1, 0.15) is 49.8 Å². The van der Waals surface area contributed by atoms with Crippen LogP contribution in [0.5, 0.6) is 0 Å². The summed E-state index contributed by atoms with van der Waals surface area (Å²) in [5.41, 5.74) is 5.34. The fraction of sp³-hybridized carbons (Fsp3) is 0.368. The van der Waals surface area contributed by atoms with E-state index in [4.69, 9.17) is 0 Å². The van der Waals surface area contributed by atoms with Gasteiger partial charge in [-0.05, 0) is 41.2 Å². The number of benzene rings is 2. The zero-order chi connectivity index (χ0) is 14.4. The zero-order valence-electron chi connectivity index (χ0n) is 12.8. The Morgan fingerprint density at radius 3 is 2.00 bits per heavy atom. The van der Waals surface area contributed by atoms with Gasteiger partial charge >= 0.3 is 0 Å². The lowest BCUT2D eigenvalue weighted by molar-refractivity contribution is 0.865. The number of aryl methyl sites for hydroxylation is 1. The summed E-state index contributed by atoms with van der Waals surface area (Å²) in [5, 5.41) is 3.48. The number of rotatable bonds is 6. The van der Waals surface area contributed by atoms with E-state index in [9.17, 15) is 0 Å².